The maximum Gasteiger partial charge on any atom is 0.0891 e. The van der Waals surface area contributed by atoms with Gasteiger partial charge >= 0.3 is 0 Å². The van der Waals surface area contributed by atoms with Crippen molar-refractivity contribution in [3.05, 3.63) is 33.9 Å². The number of hydrogen-bond donors (Lipinski definition) is 2. The standard InChI is InChI=1S/C9H7BrClN3/c10-7-2-1-5(11)3-6(7)9-8(12)4-13-14-9/h1-4H,12H2,(H,13,14). The maximum absolute atomic E-state index is 5.89. The molecule has 0 saturated carbocycles. The predicted molar refractivity (Wildman–Crippen MR) is 61.1 cm³/mol. The molecule has 0 radical (unpaired) electrons. The highest BCUT2D eigenvalue weighted by atomic mass is 79.9. The van der Waals surface area contributed by atoms with Crippen LogP contribution in [0.2, 0.25) is 5.02 Å². The Labute approximate surface area is 94.4 Å². The van der Waals surface area contributed by atoms with Crippen molar-refractivity contribution in [3.63, 3.8) is 0 Å². The first-order valence-corrected chi connectivity index (χ1v) is 5.10. The Hall–Kier alpha value is -1.000. The Kier molecular flexibility index (Phi) is 2.48. The summed E-state index contributed by atoms with van der Waals surface area (Å²) in [5.74, 6) is 0. The first-order chi connectivity index (χ1) is 6.68. The van der Waals surface area contributed by atoms with Crippen LogP contribution in [-0.2, 0) is 0 Å². The zero-order valence-electron chi connectivity index (χ0n) is 7.09. The second-order valence-corrected chi connectivity index (χ2v) is 4.12. The molecule has 1 aromatic heterocycles. The average Bonchev–Trinajstić information content (AvgIpc) is 2.56. The summed E-state index contributed by atoms with van der Waals surface area (Å²) in [5.41, 5.74) is 8.03. The van der Waals surface area contributed by atoms with Crippen LogP contribution in [0, 0.1) is 0 Å². The smallest absolute Gasteiger partial charge is 0.0891 e. The molecule has 5 heteroatoms. The number of aromatic nitrogens is 2. The zero-order valence-corrected chi connectivity index (χ0v) is 9.43. The summed E-state index contributed by atoms with van der Waals surface area (Å²) in [4.78, 5) is 0. The summed E-state index contributed by atoms with van der Waals surface area (Å²) in [7, 11) is 0. The monoisotopic (exact) mass is 271 g/mol. The van der Waals surface area contributed by atoms with Gasteiger partial charge in [-0.05, 0) is 18.2 Å². The third-order valence-electron chi connectivity index (χ3n) is 1.87. The Balaban J connectivity index is 2.62. The van der Waals surface area contributed by atoms with Crippen LogP contribution in [0.25, 0.3) is 11.3 Å². The topological polar surface area (TPSA) is 54.7 Å². The van der Waals surface area contributed by atoms with E-state index in [0.29, 0.717) is 10.7 Å². The van der Waals surface area contributed by atoms with Crippen LogP contribution >= 0.6 is 27.5 Å². The van der Waals surface area contributed by atoms with Crippen molar-refractivity contribution >= 4 is 33.2 Å². The molecular weight excluding hydrogens is 265 g/mol. The first kappa shape index (κ1) is 9.55. The molecule has 72 valence electrons. The second-order valence-electron chi connectivity index (χ2n) is 2.82. The fourth-order valence-electron chi connectivity index (χ4n) is 1.20. The lowest BCUT2D eigenvalue weighted by Gasteiger charge is -2.03. The highest BCUT2D eigenvalue weighted by Crippen LogP contribution is 2.32. The van der Waals surface area contributed by atoms with Crippen LogP contribution < -0.4 is 5.73 Å². The lowest BCUT2D eigenvalue weighted by atomic mass is 10.1. The maximum atomic E-state index is 5.89. The first-order valence-electron chi connectivity index (χ1n) is 3.93. The van der Waals surface area contributed by atoms with Gasteiger partial charge in [-0.3, -0.25) is 5.10 Å². The lowest BCUT2D eigenvalue weighted by Crippen LogP contribution is -1.87. The third kappa shape index (κ3) is 1.63. The fourth-order valence-corrected chi connectivity index (χ4v) is 1.82. The van der Waals surface area contributed by atoms with Crippen LogP contribution in [0.1, 0.15) is 0 Å². The van der Waals surface area contributed by atoms with Gasteiger partial charge < -0.3 is 5.73 Å². The van der Waals surface area contributed by atoms with Crippen molar-refractivity contribution in [2.45, 2.75) is 0 Å². The van der Waals surface area contributed by atoms with E-state index in [2.05, 4.69) is 26.1 Å². The number of nitrogen functional groups attached to an aromatic ring is 1. The molecule has 0 fully saturated rings. The van der Waals surface area contributed by atoms with Gasteiger partial charge in [0, 0.05) is 15.1 Å². The van der Waals surface area contributed by atoms with Gasteiger partial charge in [-0.15, -0.1) is 0 Å². The van der Waals surface area contributed by atoms with Crippen molar-refractivity contribution in [3.8, 4) is 11.3 Å². The molecule has 0 atom stereocenters. The predicted octanol–water partition coefficient (Wildman–Crippen LogP) is 3.07. The number of nitrogens with zero attached hydrogens (tertiary/aromatic N) is 1. The highest BCUT2D eigenvalue weighted by Gasteiger charge is 2.08. The number of halogens is 2. The molecule has 0 aliphatic rings. The van der Waals surface area contributed by atoms with E-state index in [-0.39, 0.29) is 0 Å². The number of nitrogens with one attached hydrogen (secondary N) is 1. The van der Waals surface area contributed by atoms with Gasteiger partial charge in [0.25, 0.3) is 0 Å². The highest BCUT2D eigenvalue weighted by molar-refractivity contribution is 9.10. The average molecular weight is 273 g/mol. The van der Waals surface area contributed by atoms with E-state index in [4.69, 9.17) is 17.3 Å². The molecule has 1 heterocycles. The summed E-state index contributed by atoms with van der Waals surface area (Å²) in [5, 5.41) is 7.35. The van der Waals surface area contributed by atoms with E-state index in [9.17, 15) is 0 Å². The molecule has 3 nitrogen and oxygen atoms in total. The number of rotatable bonds is 1. The quantitative estimate of drug-likeness (QED) is 0.838. The number of nitrogens with two attached hydrogens (primary N) is 1. The Bertz CT molecular complexity index is 467. The molecule has 0 amide bonds. The van der Waals surface area contributed by atoms with Gasteiger partial charge in [0.15, 0.2) is 0 Å². The van der Waals surface area contributed by atoms with E-state index in [1.165, 1.54) is 0 Å². The van der Waals surface area contributed by atoms with E-state index < -0.39 is 0 Å². The summed E-state index contributed by atoms with van der Waals surface area (Å²) in [6.45, 7) is 0. The van der Waals surface area contributed by atoms with Crippen molar-refractivity contribution in [2.24, 2.45) is 0 Å². The van der Waals surface area contributed by atoms with Crippen LogP contribution in [0.4, 0.5) is 5.69 Å². The van der Waals surface area contributed by atoms with Crippen LogP contribution in [-0.4, -0.2) is 10.2 Å². The van der Waals surface area contributed by atoms with Crippen LogP contribution in [0.15, 0.2) is 28.9 Å². The zero-order chi connectivity index (χ0) is 10.1. The van der Waals surface area contributed by atoms with Crippen LogP contribution in [0.3, 0.4) is 0 Å². The van der Waals surface area contributed by atoms with Crippen molar-refractivity contribution in [2.75, 3.05) is 5.73 Å². The number of aromatic amines is 1. The van der Waals surface area contributed by atoms with Gasteiger partial charge in [-0.25, -0.2) is 0 Å². The van der Waals surface area contributed by atoms with E-state index >= 15 is 0 Å². The minimum atomic E-state index is 0.605. The molecule has 14 heavy (non-hydrogen) atoms. The molecule has 3 N–H and O–H groups in total. The van der Waals surface area contributed by atoms with Gasteiger partial charge in [-0.1, -0.05) is 27.5 Å². The number of hydrogen-bond acceptors (Lipinski definition) is 2. The van der Waals surface area contributed by atoms with Crippen LogP contribution in [0.5, 0.6) is 0 Å². The molecule has 0 aliphatic heterocycles. The number of anilines is 1. The van der Waals surface area contributed by atoms with Crippen molar-refractivity contribution in [1.82, 2.24) is 10.2 Å². The van der Waals surface area contributed by atoms with Crippen molar-refractivity contribution < 1.29 is 0 Å². The van der Waals surface area contributed by atoms with Gasteiger partial charge in [0.05, 0.1) is 17.6 Å². The SMILES string of the molecule is Nc1cn[nH]c1-c1cc(Cl)ccc1Br. The van der Waals surface area contributed by atoms with E-state index in [1.54, 1.807) is 6.20 Å². The Morgan fingerprint density at radius 1 is 1.43 bits per heavy atom. The van der Waals surface area contributed by atoms with Gasteiger partial charge in [0.2, 0.25) is 0 Å². The second kappa shape index (κ2) is 3.63. The minimum absolute atomic E-state index is 0.605. The molecule has 0 bridgehead atoms. The lowest BCUT2D eigenvalue weighted by molar-refractivity contribution is 1.09. The van der Waals surface area contributed by atoms with Crippen molar-refractivity contribution in [1.29, 1.82) is 0 Å². The Morgan fingerprint density at radius 2 is 2.21 bits per heavy atom. The van der Waals surface area contributed by atoms with E-state index in [0.717, 1.165) is 15.7 Å². The molecule has 1 aromatic carbocycles. The largest absolute Gasteiger partial charge is 0.396 e. The molecule has 0 saturated heterocycles. The minimum Gasteiger partial charge on any atom is -0.396 e. The normalized spacial score (nSPS) is 10.4. The molecule has 0 spiro atoms. The molecule has 0 unspecified atom stereocenters. The summed E-state index contributed by atoms with van der Waals surface area (Å²) in [6, 6.07) is 5.51. The summed E-state index contributed by atoms with van der Waals surface area (Å²) >= 11 is 9.31. The summed E-state index contributed by atoms with van der Waals surface area (Å²) in [6.07, 6.45) is 1.57. The number of H-pyrrole nitrogens is 1. The Morgan fingerprint density at radius 3 is 2.86 bits per heavy atom. The molecule has 0 aliphatic carbocycles. The summed E-state index contributed by atoms with van der Waals surface area (Å²) < 4.78 is 0.929. The molecule has 2 aromatic rings. The van der Waals surface area contributed by atoms with Gasteiger partial charge in [0.1, 0.15) is 0 Å². The third-order valence-corrected chi connectivity index (χ3v) is 2.79. The number of benzene rings is 1. The molecular formula is C9H7BrClN3. The molecule has 2 rings (SSSR count). The van der Waals surface area contributed by atoms with E-state index in [1.807, 2.05) is 18.2 Å². The fraction of sp³-hybridized carbons (Fsp3) is 0. The van der Waals surface area contributed by atoms with Gasteiger partial charge in [-0.2, -0.15) is 5.10 Å².